The largest absolute Gasteiger partial charge is 0.444 e. The van der Waals surface area contributed by atoms with E-state index in [2.05, 4.69) is 33.2 Å². The lowest BCUT2D eigenvalue weighted by Crippen LogP contribution is -2.60. The number of urea groups is 1. The van der Waals surface area contributed by atoms with Crippen LogP contribution in [0.25, 0.3) is 5.69 Å². The number of amides is 5. The Morgan fingerprint density at radius 3 is 2.00 bits per heavy atom. The van der Waals surface area contributed by atoms with Gasteiger partial charge in [0.1, 0.15) is 22.6 Å². The van der Waals surface area contributed by atoms with Gasteiger partial charge in [-0.15, -0.1) is 0 Å². The number of nitrogens with zero attached hydrogens (tertiary/aromatic N) is 4. The number of alkyl carbamates (subject to hydrolysis) is 2. The lowest BCUT2D eigenvalue weighted by molar-refractivity contribution is -0.138. The van der Waals surface area contributed by atoms with E-state index < -0.39 is 34.6 Å². The Kier molecular flexibility index (Phi) is 12.6. The number of hydrogen-bond donors (Lipinski definition) is 4. The van der Waals surface area contributed by atoms with E-state index in [1.165, 1.54) is 4.57 Å². The van der Waals surface area contributed by atoms with Crippen LogP contribution in [0.5, 0.6) is 0 Å². The van der Waals surface area contributed by atoms with E-state index in [0.29, 0.717) is 11.6 Å². The number of aromatic nitrogens is 2. The molecule has 2 aromatic rings. The van der Waals surface area contributed by atoms with E-state index >= 15 is 0 Å². The van der Waals surface area contributed by atoms with Crippen LogP contribution >= 0.6 is 0 Å². The predicted octanol–water partition coefficient (Wildman–Crippen LogP) is 4.04. The Labute approximate surface area is 306 Å². The number of hydrogen-bond acceptors (Lipinski definition) is 9. The van der Waals surface area contributed by atoms with Crippen molar-refractivity contribution in [3.63, 3.8) is 0 Å². The fourth-order valence-corrected chi connectivity index (χ4v) is 6.06. The van der Waals surface area contributed by atoms with E-state index in [-0.39, 0.29) is 56.1 Å². The molecule has 1 aliphatic carbocycles. The maximum absolute atomic E-state index is 13.1. The molecule has 1 unspecified atom stereocenters. The second-order valence-electron chi connectivity index (χ2n) is 16.3. The quantitative estimate of drug-likeness (QED) is 0.282. The molecule has 15 heteroatoms. The van der Waals surface area contributed by atoms with Gasteiger partial charge in [0.15, 0.2) is 0 Å². The highest BCUT2D eigenvalue weighted by molar-refractivity contribution is 5.90. The minimum absolute atomic E-state index is 0.127. The number of carbonyl (C=O) groups excluding carboxylic acids is 4. The summed E-state index contributed by atoms with van der Waals surface area (Å²) in [6.45, 7) is 18.1. The highest BCUT2D eigenvalue weighted by Gasteiger charge is 2.37. The van der Waals surface area contributed by atoms with Crippen LogP contribution in [0.15, 0.2) is 41.3 Å². The van der Waals surface area contributed by atoms with Crippen molar-refractivity contribution in [2.24, 2.45) is 5.92 Å². The van der Waals surface area contributed by atoms with Gasteiger partial charge in [-0.3, -0.25) is 14.7 Å². The van der Waals surface area contributed by atoms with Crippen molar-refractivity contribution in [3.8, 4) is 5.69 Å². The molecule has 1 saturated heterocycles. The summed E-state index contributed by atoms with van der Waals surface area (Å²) in [5.74, 6) is 0.353. The molecule has 2 aliphatic rings. The first kappa shape index (κ1) is 40.1. The molecule has 1 aromatic carbocycles. The first-order chi connectivity index (χ1) is 24.2. The normalized spacial score (nSPS) is 18.5. The van der Waals surface area contributed by atoms with Crippen LogP contribution in [-0.4, -0.2) is 105 Å². The molecule has 1 aliphatic heterocycles. The second kappa shape index (κ2) is 16.3. The Balaban J connectivity index is 1.19. The Morgan fingerprint density at radius 2 is 1.42 bits per heavy atom. The SMILES string of the molecule is CC(Cc1ccc(-n2ccc(NC(=O)N3CCN(C(=O)C(C)(C)NC(=O)OC(C)(C)C)CC3)nc2=O)cc1)NCC1CC(NC(=O)OC(C)(C)C)C1. The van der Waals surface area contributed by atoms with E-state index in [0.717, 1.165) is 31.4 Å². The zero-order valence-corrected chi connectivity index (χ0v) is 32.0. The van der Waals surface area contributed by atoms with Gasteiger partial charge in [0.05, 0.1) is 5.69 Å². The highest BCUT2D eigenvalue weighted by Crippen LogP contribution is 2.27. The number of ether oxygens (including phenoxy) is 2. The molecule has 4 N–H and O–H groups in total. The summed E-state index contributed by atoms with van der Waals surface area (Å²) in [5, 5.41) is 11.8. The average Bonchev–Trinajstić information content (AvgIpc) is 3.00. The minimum atomic E-state index is -1.19. The Morgan fingerprint density at radius 1 is 0.846 bits per heavy atom. The zero-order chi connectivity index (χ0) is 38.4. The van der Waals surface area contributed by atoms with Crippen molar-refractivity contribution in [2.75, 3.05) is 38.0 Å². The molecule has 15 nitrogen and oxygen atoms in total. The molecule has 1 atom stereocenters. The van der Waals surface area contributed by atoms with E-state index in [9.17, 15) is 24.0 Å². The molecule has 1 saturated carbocycles. The maximum atomic E-state index is 13.1. The summed E-state index contributed by atoms with van der Waals surface area (Å²) in [5.41, 5.74) is -1.15. The number of piperazine rings is 1. The van der Waals surface area contributed by atoms with Gasteiger partial charge in [-0.25, -0.2) is 19.2 Å². The van der Waals surface area contributed by atoms with Gasteiger partial charge < -0.3 is 35.2 Å². The molecular formula is C37H56N8O7. The number of anilines is 1. The van der Waals surface area contributed by atoms with Gasteiger partial charge >= 0.3 is 23.9 Å². The fourth-order valence-electron chi connectivity index (χ4n) is 6.06. The van der Waals surface area contributed by atoms with Crippen LogP contribution in [-0.2, 0) is 20.7 Å². The molecule has 1 aromatic heterocycles. The summed E-state index contributed by atoms with van der Waals surface area (Å²) < 4.78 is 12.0. The van der Waals surface area contributed by atoms with Gasteiger partial charge in [0.25, 0.3) is 0 Å². The molecule has 0 bridgehead atoms. The summed E-state index contributed by atoms with van der Waals surface area (Å²) in [4.78, 5) is 70.4. The molecule has 2 heterocycles. The summed E-state index contributed by atoms with van der Waals surface area (Å²) in [7, 11) is 0. The van der Waals surface area contributed by atoms with Crippen molar-refractivity contribution in [1.82, 2.24) is 35.3 Å². The van der Waals surface area contributed by atoms with Crippen molar-refractivity contribution < 1.29 is 28.7 Å². The second-order valence-corrected chi connectivity index (χ2v) is 16.3. The standard InChI is InChI=1S/C37H56N8O7/c1-24(38-23-26-21-27(22-26)39-33(49)51-35(2,3)4)20-25-10-12-28(13-11-25)45-15-14-29(41-32(45)48)40-31(47)44-18-16-43(17-19-44)30(46)37(8,9)42-34(50)52-36(5,6)7/h10-15,24,26-27,38H,16-23H2,1-9H3,(H,39,49)(H,42,50)(H,40,41,47,48). The molecule has 52 heavy (non-hydrogen) atoms. The van der Waals surface area contributed by atoms with E-state index in [1.807, 2.05) is 45.0 Å². The molecule has 0 radical (unpaired) electrons. The van der Waals surface area contributed by atoms with Crippen LogP contribution in [0.4, 0.5) is 20.2 Å². The lowest BCUT2D eigenvalue weighted by Gasteiger charge is -2.38. The Bertz CT molecular complexity index is 1630. The third-order valence-corrected chi connectivity index (χ3v) is 8.71. The predicted molar refractivity (Wildman–Crippen MR) is 198 cm³/mol. The van der Waals surface area contributed by atoms with Crippen LogP contribution in [0, 0.1) is 5.92 Å². The summed E-state index contributed by atoms with van der Waals surface area (Å²) in [6.07, 6.45) is 3.19. The van der Waals surface area contributed by atoms with Gasteiger partial charge in [-0.05, 0) is 118 Å². The average molecular weight is 725 g/mol. The lowest BCUT2D eigenvalue weighted by atomic mass is 9.80. The topological polar surface area (TPSA) is 176 Å². The zero-order valence-electron chi connectivity index (χ0n) is 32.0. The van der Waals surface area contributed by atoms with Crippen LogP contribution in [0.3, 0.4) is 0 Å². The smallest absolute Gasteiger partial charge is 0.408 e. The third kappa shape index (κ3) is 12.0. The summed E-state index contributed by atoms with van der Waals surface area (Å²) >= 11 is 0. The number of benzene rings is 1. The molecule has 2 fully saturated rings. The van der Waals surface area contributed by atoms with Gasteiger partial charge in [0, 0.05) is 44.5 Å². The first-order valence-electron chi connectivity index (χ1n) is 18.0. The fraction of sp³-hybridized carbons (Fsp3) is 0.622. The van der Waals surface area contributed by atoms with Crippen molar-refractivity contribution in [1.29, 1.82) is 0 Å². The summed E-state index contributed by atoms with van der Waals surface area (Å²) in [6, 6.07) is 9.25. The van der Waals surface area contributed by atoms with Crippen LogP contribution in [0.1, 0.15) is 80.7 Å². The monoisotopic (exact) mass is 724 g/mol. The molecule has 4 rings (SSSR count). The maximum Gasteiger partial charge on any atom is 0.408 e. The first-order valence-corrected chi connectivity index (χ1v) is 18.0. The van der Waals surface area contributed by atoms with Gasteiger partial charge in [-0.1, -0.05) is 12.1 Å². The highest BCUT2D eigenvalue weighted by atomic mass is 16.6. The Hall–Kier alpha value is -4.66. The van der Waals surface area contributed by atoms with Crippen molar-refractivity contribution in [3.05, 3.63) is 52.6 Å². The number of rotatable bonds is 10. The molecule has 286 valence electrons. The molecule has 5 amide bonds. The molecule has 0 spiro atoms. The third-order valence-electron chi connectivity index (χ3n) is 8.71. The number of nitrogens with one attached hydrogen (secondary N) is 4. The van der Waals surface area contributed by atoms with Crippen LogP contribution < -0.4 is 27.0 Å². The minimum Gasteiger partial charge on any atom is -0.444 e. The number of carbonyl (C=O) groups is 4. The van der Waals surface area contributed by atoms with Gasteiger partial charge in [-0.2, -0.15) is 4.98 Å². The van der Waals surface area contributed by atoms with E-state index in [4.69, 9.17) is 9.47 Å². The van der Waals surface area contributed by atoms with Crippen LogP contribution in [0.2, 0.25) is 0 Å². The molecular weight excluding hydrogens is 668 g/mol. The van der Waals surface area contributed by atoms with Gasteiger partial charge in [0.2, 0.25) is 5.91 Å². The van der Waals surface area contributed by atoms with Crippen molar-refractivity contribution >= 4 is 29.9 Å². The van der Waals surface area contributed by atoms with E-state index in [1.54, 1.807) is 56.7 Å². The van der Waals surface area contributed by atoms with Crippen molar-refractivity contribution in [2.45, 2.75) is 110 Å².